The SMILES string of the molecule is Cc1cc(OCC[N+](C)(C)[O-])c(C(C)C)cc1O. The number of rotatable bonds is 5. The van der Waals surface area contributed by atoms with Gasteiger partial charge >= 0.3 is 0 Å². The number of hydrogen-bond acceptors (Lipinski definition) is 3. The molecule has 0 atom stereocenters. The largest absolute Gasteiger partial charge is 0.633 e. The lowest BCUT2D eigenvalue weighted by molar-refractivity contribution is -0.840. The van der Waals surface area contributed by atoms with E-state index in [2.05, 4.69) is 0 Å². The molecule has 0 radical (unpaired) electrons. The van der Waals surface area contributed by atoms with Gasteiger partial charge in [-0.1, -0.05) is 13.8 Å². The van der Waals surface area contributed by atoms with Gasteiger partial charge in [-0.25, -0.2) is 0 Å². The fraction of sp³-hybridized carbons (Fsp3) is 0.571. The number of quaternary nitrogens is 1. The molecule has 0 aliphatic heterocycles. The lowest BCUT2D eigenvalue weighted by atomic mass is 10.00. The molecule has 0 amide bonds. The lowest BCUT2D eigenvalue weighted by Crippen LogP contribution is -2.36. The third kappa shape index (κ3) is 4.20. The highest BCUT2D eigenvalue weighted by molar-refractivity contribution is 5.46. The Labute approximate surface area is 109 Å². The quantitative estimate of drug-likeness (QED) is 0.648. The summed E-state index contributed by atoms with van der Waals surface area (Å²) in [6.45, 7) is 6.70. The summed E-state index contributed by atoms with van der Waals surface area (Å²) in [5.41, 5.74) is 1.75. The zero-order valence-corrected chi connectivity index (χ0v) is 11.9. The maximum absolute atomic E-state index is 11.5. The Hall–Kier alpha value is -1.26. The van der Waals surface area contributed by atoms with Crippen molar-refractivity contribution in [3.8, 4) is 11.5 Å². The maximum Gasteiger partial charge on any atom is 0.137 e. The minimum atomic E-state index is -0.367. The Kier molecular flexibility index (Phi) is 4.59. The van der Waals surface area contributed by atoms with Crippen molar-refractivity contribution >= 4 is 0 Å². The molecule has 0 bridgehead atoms. The van der Waals surface area contributed by atoms with E-state index in [-0.39, 0.29) is 16.3 Å². The van der Waals surface area contributed by atoms with E-state index in [9.17, 15) is 10.3 Å². The maximum atomic E-state index is 11.5. The smallest absolute Gasteiger partial charge is 0.137 e. The molecule has 18 heavy (non-hydrogen) atoms. The molecular formula is C14H23NO3. The van der Waals surface area contributed by atoms with Gasteiger partial charge in [-0.15, -0.1) is 0 Å². The van der Waals surface area contributed by atoms with Gasteiger partial charge in [-0.05, 0) is 30.5 Å². The molecule has 0 saturated carbocycles. The zero-order valence-electron chi connectivity index (χ0n) is 11.9. The summed E-state index contributed by atoms with van der Waals surface area (Å²) in [4.78, 5) is 0. The third-order valence-corrected chi connectivity index (χ3v) is 2.84. The van der Waals surface area contributed by atoms with Gasteiger partial charge < -0.3 is 19.7 Å². The van der Waals surface area contributed by atoms with Gasteiger partial charge in [-0.2, -0.15) is 0 Å². The fourth-order valence-corrected chi connectivity index (χ4v) is 1.64. The topological polar surface area (TPSA) is 52.5 Å². The number of hydroxylamine groups is 3. The summed E-state index contributed by atoms with van der Waals surface area (Å²) in [5, 5.41) is 21.2. The number of benzene rings is 1. The number of phenolic OH excluding ortho intramolecular Hbond substituents is 1. The Morgan fingerprint density at radius 3 is 2.44 bits per heavy atom. The minimum absolute atomic E-state index is 0.265. The second-order valence-electron chi connectivity index (χ2n) is 5.48. The van der Waals surface area contributed by atoms with Crippen LogP contribution in [-0.2, 0) is 0 Å². The first kappa shape index (κ1) is 14.8. The van der Waals surface area contributed by atoms with E-state index in [1.54, 1.807) is 20.2 Å². The van der Waals surface area contributed by atoms with Crippen LogP contribution in [-0.4, -0.2) is 37.0 Å². The van der Waals surface area contributed by atoms with Crippen LogP contribution in [0.5, 0.6) is 11.5 Å². The normalized spacial score (nSPS) is 11.9. The van der Waals surface area contributed by atoms with Crippen molar-refractivity contribution in [2.75, 3.05) is 27.2 Å². The van der Waals surface area contributed by atoms with E-state index in [1.165, 1.54) is 0 Å². The summed E-state index contributed by atoms with van der Waals surface area (Å²) >= 11 is 0. The first-order chi connectivity index (χ1) is 8.20. The Morgan fingerprint density at radius 2 is 1.94 bits per heavy atom. The van der Waals surface area contributed by atoms with Crippen molar-refractivity contribution in [3.05, 3.63) is 28.5 Å². The van der Waals surface area contributed by atoms with Crippen molar-refractivity contribution in [2.24, 2.45) is 0 Å². The molecule has 1 rings (SSSR count). The van der Waals surface area contributed by atoms with Crippen LogP contribution in [0.3, 0.4) is 0 Å². The standard InChI is InChI=1S/C14H23NO3/c1-10(2)12-9-13(16)11(3)8-14(12)18-7-6-15(4,5)17/h8-10,16H,6-7H2,1-5H3. The molecule has 0 heterocycles. The Balaban J connectivity index is 2.84. The molecule has 1 aromatic rings. The minimum Gasteiger partial charge on any atom is -0.633 e. The van der Waals surface area contributed by atoms with Crippen molar-refractivity contribution in [2.45, 2.75) is 26.7 Å². The number of likely N-dealkylation sites (N-methyl/N-ethyl adjacent to an activating group) is 1. The van der Waals surface area contributed by atoms with Gasteiger partial charge in [0.2, 0.25) is 0 Å². The van der Waals surface area contributed by atoms with Gasteiger partial charge in [0.1, 0.15) is 24.7 Å². The number of hydrogen-bond donors (Lipinski definition) is 1. The number of aryl methyl sites for hydroxylation is 1. The highest BCUT2D eigenvalue weighted by Gasteiger charge is 2.12. The fourth-order valence-electron chi connectivity index (χ4n) is 1.64. The van der Waals surface area contributed by atoms with E-state index in [4.69, 9.17) is 4.74 Å². The number of phenols is 1. The van der Waals surface area contributed by atoms with Gasteiger partial charge in [0.25, 0.3) is 0 Å². The average molecular weight is 253 g/mol. The highest BCUT2D eigenvalue weighted by atomic mass is 16.5. The van der Waals surface area contributed by atoms with Crippen LogP contribution in [0.15, 0.2) is 12.1 Å². The van der Waals surface area contributed by atoms with Crippen LogP contribution in [0.25, 0.3) is 0 Å². The molecule has 0 aromatic heterocycles. The van der Waals surface area contributed by atoms with Crippen LogP contribution in [0.1, 0.15) is 30.9 Å². The predicted molar refractivity (Wildman–Crippen MR) is 72.8 cm³/mol. The van der Waals surface area contributed by atoms with Gasteiger partial charge in [0.15, 0.2) is 0 Å². The zero-order chi connectivity index (χ0) is 13.9. The van der Waals surface area contributed by atoms with Gasteiger partial charge in [0.05, 0.1) is 14.1 Å². The summed E-state index contributed by atoms with van der Waals surface area (Å²) in [5.74, 6) is 1.31. The first-order valence-electron chi connectivity index (χ1n) is 6.21. The Bertz CT molecular complexity index is 408. The molecule has 4 nitrogen and oxygen atoms in total. The van der Waals surface area contributed by atoms with E-state index in [0.29, 0.717) is 13.2 Å². The number of nitrogens with zero attached hydrogens (tertiary/aromatic N) is 1. The van der Waals surface area contributed by atoms with Crippen LogP contribution < -0.4 is 4.74 Å². The van der Waals surface area contributed by atoms with Gasteiger partial charge in [0, 0.05) is 5.56 Å². The van der Waals surface area contributed by atoms with E-state index in [1.807, 2.05) is 26.8 Å². The molecule has 0 aliphatic carbocycles. The second kappa shape index (κ2) is 5.59. The Morgan fingerprint density at radius 1 is 1.33 bits per heavy atom. The molecule has 1 N–H and O–H groups in total. The number of aromatic hydroxyl groups is 1. The lowest BCUT2D eigenvalue weighted by Gasteiger charge is -2.33. The van der Waals surface area contributed by atoms with E-state index < -0.39 is 0 Å². The monoisotopic (exact) mass is 253 g/mol. The summed E-state index contributed by atoms with van der Waals surface area (Å²) < 4.78 is 5.32. The summed E-state index contributed by atoms with van der Waals surface area (Å²) in [6, 6.07) is 3.57. The van der Waals surface area contributed by atoms with Crippen molar-refractivity contribution < 1.29 is 14.5 Å². The van der Waals surface area contributed by atoms with Gasteiger partial charge in [-0.3, -0.25) is 0 Å². The predicted octanol–water partition coefficient (Wildman–Crippen LogP) is 2.78. The summed E-state index contributed by atoms with van der Waals surface area (Å²) in [7, 11) is 3.18. The second-order valence-corrected chi connectivity index (χ2v) is 5.48. The molecular weight excluding hydrogens is 230 g/mol. The van der Waals surface area contributed by atoms with Crippen molar-refractivity contribution in [1.29, 1.82) is 0 Å². The molecule has 1 aromatic carbocycles. The van der Waals surface area contributed by atoms with Crippen LogP contribution >= 0.6 is 0 Å². The molecule has 0 saturated heterocycles. The molecule has 102 valence electrons. The molecule has 0 aliphatic rings. The van der Waals surface area contributed by atoms with E-state index in [0.717, 1.165) is 16.9 Å². The molecule has 4 heteroatoms. The average Bonchev–Trinajstić information content (AvgIpc) is 2.20. The van der Waals surface area contributed by atoms with Crippen LogP contribution in [0.4, 0.5) is 0 Å². The molecule has 0 spiro atoms. The highest BCUT2D eigenvalue weighted by Crippen LogP contribution is 2.32. The van der Waals surface area contributed by atoms with E-state index >= 15 is 0 Å². The molecule has 0 fully saturated rings. The van der Waals surface area contributed by atoms with Crippen molar-refractivity contribution in [1.82, 2.24) is 0 Å². The van der Waals surface area contributed by atoms with Crippen LogP contribution in [0.2, 0.25) is 0 Å². The number of ether oxygens (including phenoxy) is 1. The van der Waals surface area contributed by atoms with Crippen molar-refractivity contribution in [3.63, 3.8) is 0 Å². The summed E-state index contributed by atoms with van der Waals surface area (Å²) in [6.07, 6.45) is 0. The molecule has 0 unspecified atom stereocenters. The first-order valence-corrected chi connectivity index (χ1v) is 6.21. The third-order valence-electron chi connectivity index (χ3n) is 2.84. The van der Waals surface area contributed by atoms with Crippen LogP contribution in [0, 0.1) is 12.1 Å².